The van der Waals surface area contributed by atoms with Gasteiger partial charge in [-0.3, -0.25) is 4.79 Å². The molecule has 1 heterocycles. The molecule has 0 fully saturated rings. The Hall–Kier alpha value is -1.91. The zero-order valence-corrected chi connectivity index (χ0v) is 8.59. The van der Waals surface area contributed by atoms with Crippen molar-refractivity contribution in [3.63, 3.8) is 0 Å². The molecule has 0 atom stereocenters. The van der Waals surface area contributed by atoms with E-state index in [2.05, 4.69) is 10.6 Å². The molecule has 1 aromatic carbocycles. The van der Waals surface area contributed by atoms with Crippen LogP contribution in [0.3, 0.4) is 0 Å². The van der Waals surface area contributed by atoms with Gasteiger partial charge in [0.15, 0.2) is 6.61 Å². The number of benzene rings is 1. The van der Waals surface area contributed by atoms with Crippen molar-refractivity contribution in [3.05, 3.63) is 12.1 Å². The summed E-state index contributed by atoms with van der Waals surface area (Å²) in [5, 5.41) is 5.70. The summed E-state index contributed by atoms with van der Waals surface area (Å²) >= 11 is 0. The Bertz CT molecular complexity index is 404. The average molecular weight is 208 g/mol. The van der Waals surface area contributed by atoms with Crippen LogP contribution in [-0.4, -0.2) is 26.7 Å². The molecule has 5 heteroatoms. The lowest BCUT2D eigenvalue weighted by Gasteiger charge is -2.20. The Balaban J connectivity index is 2.45. The highest BCUT2D eigenvalue weighted by atomic mass is 16.5. The van der Waals surface area contributed by atoms with Crippen LogP contribution in [0, 0.1) is 0 Å². The van der Waals surface area contributed by atoms with Gasteiger partial charge in [0, 0.05) is 19.2 Å². The number of amides is 1. The SMILES string of the molecule is CNc1cc2c(cc1OC)NC(=O)CO2. The van der Waals surface area contributed by atoms with Gasteiger partial charge in [0.05, 0.1) is 18.5 Å². The fourth-order valence-corrected chi connectivity index (χ4v) is 1.47. The summed E-state index contributed by atoms with van der Waals surface area (Å²) in [5.41, 5.74) is 1.47. The van der Waals surface area contributed by atoms with Crippen LogP contribution in [-0.2, 0) is 4.79 Å². The molecule has 0 spiro atoms. The Morgan fingerprint density at radius 2 is 2.33 bits per heavy atom. The quantitative estimate of drug-likeness (QED) is 0.763. The van der Waals surface area contributed by atoms with E-state index in [0.717, 1.165) is 5.69 Å². The second-order valence-electron chi connectivity index (χ2n) is 3.14. The predicted octanol–water partition coefficient (Wildman–Crippen LogP) is 1.07. The second kappa shape index (κ2) is 3.68. The number of nitrogens with one attached hydrogen (secondary N) is 2. The summed E-state index contributed by atoms with van der Waals surface area (Å²) in [7, 11) is 3.37. The molecule has 2 rings (SSSR count). The molecule has 15 heavy (non-hydrogen) atoms. The molecule has 80 valence electrons. The molecule has 5 nitrogen and oxygen atoms in total. The van der Waals surface area contributed by atoms with E-state index in [4.69, 9.17) is 9.47 Å². The van der Waals surface area contributed by atoms with Crippen LogP contribution in [0.4, 0.5) is 11.4 Å². The monoisotopic (exact) mass is 208 g/mol. The van der Waals surface area contributed by atoms with Gasteiger partial charge in [-0.2, -0.15) is 0 Å². The van der Waals surface area contributed by atoms with Crippen molar-refractivity contribution in [2.45, 2.75) is 0 Å². The number of fused-ring (bicyclic) bond motifs is 1. The number of hydrogen-bond donors (Lipinski definition) is 2. The molecule has 1 aliphatic heterocycles. The van der Waals surface area contributed by atoms with E-state index in [0.29, 0.717) is 17.2 Å². The molecule has 0 unspecified atom stereocenters. The van der Waals surface area contributed by atoms with Crippen molar-refractivity contribution in [3.8, 4) is 11.5 Å². The molecule has 1 aromatic rings. The fraction of sp³-hybridized carbons (Fsp3) is 0.300. The van der Waals surface area contributed by atoms with Gasteiger partial charge in [-0.1, -0.05) is 0 Å². The molecule has 2 N–H and O–H groups in total. The summed E-state index contributed by atoms with van der Waals surface area (Å²) in [6.45, 7) is 0.0580. The Morgan fingerprint density at radius 3 is 3.00 bits per heavy atom. The van der Waals surface area contributed by atoms with Crippen molar-refractivity contribution in [2.24, 2.45) is 0 Å². The molecule has 1 aliphatic rings. The third kappa shape index (κ3) is 1.68. The standard InChI is InChI=1S/C10H12N2O3/c1-11-6-3-9-7(4-8(6)14-2)12-10(13)5-15-9/h3-4,11H,5H2,1-2H3,(H,12,13). The number of hydrogen-bond acceptors (Lipinski definition) is 4. The molecular weight excluding hydrogens is 196 g/mol. The first-order valence-electron chi connectivity index (χ1n) is 4.57. The van der Waals surface area contributed by atoms with Gasteiger partial charge >= 0.3 is 0 Å². The van der Waals surface area contributed by atoms with Crippen molar-refractivity contribution in [1.29, 1.82) is 0 Å². The van der Waals surface area contributed by atoms with Crippen LogP contribution >= 0.6 is 0 Å². The smallest absolute Gasteiger partial charge is 0.262 e. The normalized spacial score (nSPS) is 13.6. The largest absolute Gasteiger partial charge is 0.495 e. The Labute approximate surface area is 87.4 Å². The van der Waals surface area contributed by atoms with E-state index in [1.807, 2.05) is 0 Å². The molecule has 0 aromatic heterocycles. The van der Waals surface area contributed by atoms with Crippen molar-refractivity contribution >= 4 is 17.3 Å². The van der Waals surface area contributed by atoms with Gasteiger partial charge in [0.2, 0.25) is 0 Å². The first kappa shape index (κ1) is 9.64. The minimum Gasteiger partial charge on any atom is -0.495 e. The topological polar surface area (TPSA) is 59.6 Å². The van der Waals surface area contributed by atoms with Crippen LogP contribution in [0.1, 0.15) is 0 Å². The summed E-state index contributed by atoms with van der Waals surface area (Å²) < 4.78 is 10.4. The second-order valence-corrected chi connectivity index (χ2v) is 3.14. The van der Waals surface area contributed by atoms with Crippen LogP contribution in [0.2, 0.25) is 0 Å². The summed E-state index contributed by atoms with van der Waals surface area (Å²) in [5.74, 6) is 1.17. The highest BCUT2D eigenvalue weighted by molar-refractivity contribution is 5.96. The van der Waals surface area contributed by atoms with Crippen molar-refractivity contribution in [2.75, 3.05) is 31.4 Å². The van der Waals surface area contributed by atoms with Gasteiger partial charge in [0.1, 0.15) is 11.5 Å². The number of anilines is 2. The minimum absolute atomic E-state index is 0.0580. The van der Waals surface area contributed by atoms with E-state index in [-0.39, 0.29) is 12.5 Å². The van der Waals surface area contributed by atoms with Gasteiger partial charge < -0.3 is 20.1 Å². The highest BCUT2D eigenvalue weighted by Crippen LogP contribution is 2.37. The van der Waals surface area contributed by atoms with E-state index in [1.165, 1.54) is 0 Å². The lowest BCUT2D eigenvalue weighted by Crippen LogP contribution is -2.25. The number of methoxy groups -OCH3 is 1. The van der Waals surface area contributed by atoms with E-state index in [1.54, 1.807) is 26.3 Å². The van der Waals surface area contributed by atoms with Crippen LogP contribution < -0.4 is 20.1 Å². The molecule has 0 saturated heterocycles. The number of ether oxygens (including phenoxy) is 2. The highest BCUT2D eigenvalue weighted by Gasteiger charge is 2.18. The first-order valence-corrected chi connectivity index (χ1v) is 4.57. The Morgan fingerprint density at radius 1 is 1.53 bits per heavy atom. The third-order valence-corrected chi connectivity index (χ3v) is 2.20. The molecule has 0 bridgehead atoms. The maximum Gasteiger partial charge on any atom is 0.262 e. The van der Waals surface area contributed by atoms with E-state index >= 15 is 0 Å². The maximum absolute atomic E-state index is 11.1. The van der Waals surface area contributed by atoms with E-state index in [9.17, 15) is 4.79 Å². The van der Waals surface area contributed by atoms with Crippen LogP contribution in [0.25, 0.3) is 0 Å². The third-order valence-electron chi connectivity index (χ3n) is 2.20. The van der Waals surface area contributed by atoms with Gasteiger partial charge in [-0.05, 0) is 0 Å². The maximum atomic E-state index is 11.1. The number of rotatable bonds is 2. The first-order chi connectivity index (χ1) is 7.24. The lowest BCUT2D eigenvalue weighted by molar-refractivity contribution is -0.118. The van der Waals surface area contributed by atoms with Crippen LogP contribution in [0.5, 0.6) is 11.5 Å². The molecule has 0 radical (unpaired) electrons. The van der Waals surface area contributed by atoms with E-state index < -0.39 is 0 Å². The minimum atomic E-state index is -0.151. The molecular formula is C10H12N2O3. The number of carbonyl (C=O) groups is 1. The van der Waals surface area contributed by atoms with Gasteiger partial charge in [-0.15, -0.1) is 0 Å². The molecule has 1 amide bonds. The Kier molecular flexibility index (Phi) is 2.37. The van der Waals surface area contributed by atoms with Crippen molar-refractivity contribution in [1.82, 2.24) is 0 Å². The number of carbonyl (C=O) groups excluding carboxylic acids is 1. The summed E-state index contributed by atoms with van der Waals surface area (Å²) in [4.78, 5) is 11.1. The summed E-state index contributed by atoms with van der Waals surface area (Å²) in [6.07, 6.45) is 0. The lowest BCUT2D eigenvalue weighted by atomic mass is 10.2. The molecule has 0 aliphatic carbocycles. The zero-order valence-electron chi connectivity index (χ0n) is 8.59. The summed E-state index contributed by atoms with van der Waals surface area (Å²) in [6, 6.07) is 3.53. The van der Waals surface area contributed by atoms with Crippen molar-refractivity contribution < 1.29 is 14.3 Å². The van der Waals surface area contributed by atoms with Gasteiger partial charge in [0.25, 0.3) is 5.91 Å². The van der Waals surface area contributed by atoms with Crippen LogP contribution in [0.15, 0.2) is 12.1 Å². The predicted molar refractivity (Wildman–Crippen MR) is 56.7 cm³/mol. The zero-order chi connectivity index (χ0) is 10.8. The average Bonchev–Trinajstić information content (AvgIpc) is 2.27. The molecule has 0 saturated carbocycles. The fourth-order valence-electron chi connectivity index (χ4n) is 1.47. The van der Waals surface area contributed by atoms with Gasteiger partial charge in [-0.25, -0.2) is 0 Å².